The van der Waals surface area contributed by atoms with Crippen molar-refractivity contribution >= 4 is 0 Å². The Bertz CT molecular complexity index is 218. The average Bonchev–Trinajstić information content (AvgIpc) is 2.51. The molecule has 0 aromatic carbocycles. The summed E-state index contributed by atoms with van der Waals surface area (Å²) in [6.45, 7) is 9.79. The van der Waals surface area contributed by atoms with E-state index >= 15 is 0 Å². The molecule has 102 valence electrons. The van der Waals surface area contributed by atoms with E-state index in [0.29, 0.717) is 6.04 Å². The summed E-state index contributed by atoms with van der Waals surface area (Å²) in [5.74, 6) is 0.869. The fourth-order valence-electron chi connectivity index (χ4n) is 2.66. The molecule has 2 atom stereocenters. The highest BCUT2D eigenvalue weighted by molar-refractivity contribution is 4.83. The Morgan fingerprint density at radius 3 is 2.65 bits per heavy atom. The molecule has 2 unspecified atom stereocenters. The molecule has 0 aliphatic carbocycles. The quantitative estimate of drug-likeness (QED) is 0.803. The molecule has 3 nitrogen and oxygen atoms in total. The fraction of sp³-hybridized carbons (Fsp3) is 1.00. The van der Waals surface area contributed by atoms with Crippen molar-refractivity contribution in [2.45, 2.75) is 58.1 Å². The molecule has 0 bridgehead atoms. The zero-order valence-corrected chi connectivity index (χ0v) is 12.0. The van der Waals surface area contributed by atoms with E-state index in [-0.39, 0.29) is 5.60 Å². The molecule has 0 aromatic heterocycles. The molecule has 0 amide bonds. The number of hydrogen-bond donors (Lipinski definition) is 1. The summed E-state index contributed by atoms with van der Waals surface area (Å²) in [6.07, 6.45) is 5.00. The van der Waals surface area contributed by atoms with Gasteiger partial charge in [0.2, 0.25) is 0 Å². The molecule has 1 aliphatic heterocycles. The first kappa shape index (κ1) is 14.9. The van der Waals surface area contributed by atoms with Gasteiger partial charge in [-0.25, -0.2) is 0 Å². The minimum atomic E-state index is -0.0675. The van der Waals surface area contributed by atoms with Crippen LogP contribution in [0.3, 0.4) is 0 Å². The number of likely N-dealkylation sites (tertiary alicyclic amines) is 1. The van der Waals surface area contributed by atoms with Crippen LogP contribution in [0.2, 0.25) is 0 Å². The second kappa shape index (κ2) is 6.72. The summed E-state index contributed by atoms with van der Waals surface area (Å²) >= 11 is 0. The second-order valence-electron chi connectivity index (χ2n) is 6.13. The van der Waals surface area contributed by atoms with Crippen LogP contribution in [0.4, 0.5) is 0 Å². The zero-order chi connectivity index (χ0) is 12.9. The Morgan fingerprint density at radius 2 is 2.06 bits per heavy atom. The molecule has 1 aliphatic rings. The van der Waals surface area contributed by atoms with E-state index in [2.05, 4.69) is 25.7 Å². The van der Waals surface area contributed by atoms with E-state index < -0.39 is 0 Å². The minimum absolute atomic E-state index is 0.0675. The van der Waals surface area contributed by atoms with E-state index in [1.807, 2.05) is 0 Å². The van der Waals surface area contributed by atoms with Gasteiger partial charge in [0.25, 0.3) is 0 Å². The predicted molar refractivity (Wildman–Crippen MR) is 73.1 cm³/mol. The van der Waals surface area contributed by atoms with Crippen molar-refractivity contribution in [1.29, 1.82) is 0 Å². The first-order chi connectivity index (χ1) is 7.98. The number of nitrogens with zero attached hydrogens (tertiary/aromatic N) is 1. The van der Waals surface area contributed by atoms with Crippen LogP contribution in [-0.2, 0) is 4.74 Å². The first-order valence-corrected chi connectivity index (χ1v) is 6.98. The van der Waals surface area contributed by atoms with Gasteiger partial charge in [0, 0.05) is 19.7 Å². The molecule has 3 heteroatoms. The minimum Gasteiger partial charge on any atom is -0.379 e. The molecule has 2 N–H and O–H groups in total. The molecular weight excluding hydrogens is 212 g/mol. The van der Waals surface area contributed by atoms with E-state index in [4.69, 9.17) is 10.5 Å². The lowest BCUT2D eigenvalue weighted by molar-refractivity contribution is -0.00734. The normalized spacial score (nSPS) is 25.6. The van der Waals surface area contributed by atoms with Crippen LogP contribution in [-0.4, -0.2) is 43.3 Å². The van der Waals surface area contributed by atoms with Crippen LogP contribution >= 0.6 is 0 Å². The fourth-order valence-corrected chi connectivity index (χ4v) is 2.66. The lowest BCUT2D eigenvalue weighted by atomic mass is 9.97. The van der Waals surface area contributed by atoms with Crippen LogP contribution in [0.25, 0.3) is 0 Å². The molecule has 17 heavy (non-hydrogen) atoms. The first-order valence-electron chi connectivity index (χ1n) is 6.98. The third-order valence-electron chi connectivity index (χ3n) is 4.12. The zero-order valence-electron chi connectivity index (χ0n) is 12.0. The van der Waals surface area contributed by atoms with Crippen LogP contribution in [0.1, 0.15) is 46.5 Å². The number of nitrogens with two attached hydrogens (primary N) is 1. The van der Waals surface area contributed by atoms with Crippen molar-refractivity contribution in [3.63, 3.8) is 0 Å². The van der Waals surface area contributed by atoms with Crippen molar-refractivity contribution in [3.05, 3.63) is 0 Å². The highest BCUT2D eigenvalue weighted by Gasteiger charge is 2.27. The lowest BCUT2D eigenvalue weighted by Crippen LogP contribution is -2.45. The van der Waals surface area contributed by atoms with Crippen LogP contribution < -0.4 is 5.73 Å². The van der Waals surface area contributed by atoms with Gasteiger partial charge in [0.15, 0.2) is 0 Å². The maximum absolute atomic E-state index is 5.95. The standard InChI is InChI=1S/C14H30N2O/c1-12-6-5-8-16(9-7-12)13(11-15)10-14(2,3)17-4/h12-13H,5-11,15H2,1-4H3. The maximum Gasteiger partial charge on any atom is 0.0638 e. The maximum atomic E-state index is 5.95. The summed E-state index contributed by atoms with van der Waals surface area (Å²) in [4.78, 5) is 2.57. The van der Waals surface area contributed by atoms with Crippen molar-refractivity contribution in [2.24, 2.45) is 11.7 Å². The Balaban J connectivity index is 2.54. The number of rotatable bonds is 5. The molecule has 1 heterocycles. The third-order valence-corrected chi connectivity index (χ3v) is 4.12. The Hall–Kier alpha value is -0.120. The van der Waals surface area contributed by atoms with E-state index in [1.165, 1.54) is 32.4 Å². The SMILES string of the molecule is COC(C)(C)CC(CN)N1CCCC(C)CC1. The lowest BCUT2D eigenvalue weighted by Gasteiger charge is -2.35. The Labute approximate surface area is 107 Å². The average molecular weight is 242 g/mol. The van der Waals surface area contributed by atoms with Gasteiger partial charge in [-0.1, -0.05) is 6.92 Å². The molecule has 0 spiro atoms. The highest BCUT2D eigenvalue weighted by Crippen LogP contribution is 2.23. The van der Waals surface area contributed by atoms with Crippen LogP contribution in [0, 0.1) is 5.92 Å². The van der Waals surface area contributed by atoms with Gasteiger partial charge in [-0.05, 0) is 58.5 Å². The molecule has 1 rings (SSSR count). The third kappa shape index (κ3) is 4.94. The number of ether oxygens (including phenoxy) is 1. The Kier molecular flexibility index (Phi) is 5.90. The smallest absolute Gasteiger partial charge is 0.0638 e. The summed E-state index contributed by atoms with van der Waals surface area (Å²) in [6, 6.07) is 0.468. The van der Waals surface area contributed by atoms with Gasteiger partial charge in [-0.15, -0.1) is 0 Å². The number of hydrogen-bond acceptors (Lipinski definition) is 3. The van der Waals surface area contributed by atoms with Gasteiger partial charge in [-0.3, -0.25) is 4.90 Å². The molecular formula is C14H30N2O. The molecule has 0 radical (unpaired) electrons. The Morgan fingerprint density at radius 1 is 1.35 bits per heavy atom. The van der Waals surface area contributed by atoms with Gasteiger partial charge in [-0.2, -0.15) is 0 Å². The van der Waals surface area contributed by atoms with Crippen LogP contribution in [0.15, 0.2) is 0 Å². The summed E-state index contributed by atoms with van der Waals surface area (Å²) in [5.41, 5.74) is 5.89. The van der Waals surface area contributed by atoms with Gasteiger partial charge < -0.3 is 10.5 Å². The molecule has 1 fully saturated rings. The summed E-state index contributed by atoms with van der Waals surface area (Å²) in [7, 11) is 1.79. The summed E-state index contributed by atoms with van der Waals surface area (Å²) < 4.78 is 5.53. The molecule has 1 saturated heterocycles. The topological polar surface area (TPSA) is 38.5 Å². The molecule has 0 aromatic rings. The number of methoxy groups -OCH3 is 1. The van der Waals surface area contributed by atoms with Crippen LogP contribution in [0.5, 0.6) is 0 Å². The largest absolute Gasteiger partial charge is 0.379 e. The van der Waals surface area contributed by atoms with Crippen molar-refractivity contribution in [1.82, 2.24) is 4.90 Å². The van der Waals surface area contributed by atoms with E-state index in [0.717, 1.165) is 18.9 Å². The van der Waals surface area contributed by atoms with Crippen molar-refractivity contribution in [3.8, 4) is 0 Å². The van der Waals surface area contributed by atoms with Gasteiger partial charge in [0.1, 0.15) is 0 Å². The highest BCUT2D eigenvalue weighted by atomic mass is 16.5. The van der Waals surface area contributed by atoms with Gasteiger partial charge >= 0.3 is 0 Å². The van der Waals surface area contributed by atoms with Crippen molar-refractivity contribution in [2.75, 3.05) is 26.7 Å². The van der Waals surface area contributed by atoms with Crippen molar-refractivity contribution < 1.29 is 4.74 Å². The predicted octanol–water partition coefficient (Wildman–Crippen LogP) is 2.25. The summed E-state index contributed by atoms with van der Waals surface area (Å²) in [5, 5.41) is 0. The van der Waals surface area contributed by atoms with Gasteiger partial charge in [0.05, 0.1) is 5.60 Å². The van der Waals surface area contributed by atoms with E-state index in [1.54, 1.807) is 7.11 Å². The van der Waals surface area contributed by atoms with E-state index in [9.17, 15) is 0 Å². The molecule has 0 saturated carbocycles. The monoisotopic (exact) mass is 242 g/mol. The second-order valence-corrected chi connectivity index (χ2v) is 6.13.